The molecule has 0 saturated heterocycles. The lowest BCUT2D eigenvalue weighted by atomic mass is 9.92. The summed E-state index contributed by atoms with van der Waals surface area (Å²) in [4.78, 5) is 98.8. The number of esters is 2. The second kappa shape index (κ2) is 23.5. The van der Waals surface area contributed by atoms with Gasteiger partial charge in [-0.1, -0.05) is 65.3 Å². The Morgan fingerprint density at radius 2 is 1.59 bits per heavy atom. The van der Waals surface area contributed by atoms with Crippen molar-refractivity contribution in [1.29, 1.82) is 5.26 Å². The van der Waals surface area contributed by atoms with Crippen LogP contribution >= 0.6 is 0 Å². The Hall–Kier alpha value is -5.52. The van der Waals surface area contributed by atoms with E-state index in [1.165, 1.54) is 39.8 Å². The molecule has 0 bridgehead atoms. The molecule has 0 radical (unpaired) electrons. The molecule has 1 aromatic carbocycles. The van der Waals surface area contributed by atoms with Crippen molar-refractivity contribution in [3.8, 4) is 6.07 Å². The fraction of sp³-hybridized carbons (Fsp3) is 0.609. The molecule has 1 heterocycles. The summed E-state index contributed by atoms with van der Waals surface area (Å²) in [5, 5.41) is 17.5. The second-order valence-electron chi connectivity index (χ2n) is 17.3. The van der Waals surface area contributed by atoms with Gasteiger partial charge in [-0.25, -0.2) is 9.59 Å². The van der Waals surface area contributed by atoms with Crippen LogP contribution in [0, 0.1) is 29.1 Å². The van der Waals surface area contributed by atoms with Crippen LogP contribution in [-0.4, -0.2) is 108 Å². The molecule has 15 heteroatoms. The quantitative estimate of drug-likeness (QED) is 0.258. The highest BCUT2D eigenvalue weighted by atomic mass is 16.6. The Morgan fingerprint density at radius 3 is 2.15 bits per heavy atom. The van der Waals surface area contributed by atoms with Crippen LogP contribution in [0.2, 0.25) is 0 Å². The first-order chi connectivity index (χ1) is 28.5. The number of nitrogens with zero attached hydrogens (tertiary/aromatic N) is 3. The minimum Gasteiger partial charge on any atom is -0.456 e. The molecular weight excluding hydrogens is 781 g/mol. The number of carbonyl (C=O) groups excluding carboxylic acids is 7. The third-order valence-corrected chi connectivity index (χ3v) is 11.1. The van der Waals surface area contributed by atoms with Crippen LogP contribution in [0.4, 0.5) is 0 Å². The number of nitrogens with one attached hydrogen (secondary N) is 3. The maximum absolute atomic E-state index is 14.2. The largest absolute Gasteiger partial charge is 0.456 e. The van der Waals surface area contributed by atoms with E-state index in [2.05, 4.69) is 16.0 Å². The molecular formula is C46H68N6O9. The van der Waals surface area contributed by atoms with Gasteiger partial charge in [0, 0.05) is 26.1 Å². The molecule has 0 fully saturated rings. The van der Waals surface area contributed by atoms with E-state index in [0.29, 0.717) is 30.4 Å². The molecule has 1 aromatic rings. The van der Waals surface area contributed by atoms with Crippen LogP contribution in [0.1, 0.15) is 113 Å². The number of ether oxygens (including phenoxy) is 2. The maximum atomic E-state index is 14.2. The van der Waals surface area contributed by atoms with E-state index in [4.69, 9.17) is 9.47 Å². The maximum Gasteiger partial charge on any atom is 0.334 e. The van der Waals surface area contributed by atoms with E-state index in [0.717, 1.165) is 10.5 Å². The van der Waals surface area contributed by atoms with Crippen LogP contribution in [0.5, 0.6) is 0 Å². The topological polar surface area (TPSA) is 204 Å². The molecule has 7 atom stereocenters. The normalized spacial score (nSPS) is 26.5. The first-order valence-corrected chi connectivity index (χ1v) is 21.1. The summed E-state index contributed by atoms with van der Waals surface area (Å²) in [7, 11) is 2.81. The van der Waals surface area contributed by atoms with Crippen molar-refractivity contribution >= 4 is 41.5 Å². The van der Waals surface area contributed by atoms with E-state index >= 15 is 0 Å². The molecule has 15 nitrogen and oxygen atoms in total. The minimum atomic E-state index is -1.51. The Morgan fingerprint density at radius 1 is 0.967 bits per heavy atom. The molecule has 1 aliphatic rings. The molecule has 0 aromatic heterocycles. The molecule has 5 amide bonds. The number of likely N-dealkylation sites (N-methyl/N-ethyl adjacent to an activating group) is 2. The highest BCUT2D eigenvalue weighted by Crippen LogP contribution is 2.25. The molecule has 61 heavy (non-hydrogen) atoms. The standard InChI is InChI=1S/C46H68N6O9/c1-14-28(5)38-41(55)50-46(10,11)45(59)61-39(29(6)15-2)30(7)17-16-18-31(8)44(58)60-36(23-27(3)4)40(54)48-32(9)42(56)52(13)35(43(57)51(12)26-37(53)49-38)24-33-19-21-34(25-47)22-20-33/h15,18-22,27-28,30,32,35-36,38-39H,14,16-17,23-24,26H2,1-13H3,(H,48,54)(H,49,53)(H,50,55)/b29-15+,31-18+/t28-,30+,32+,35-,36-,38+,39-/m1/s1. The molecule has 0 unspecified atom stereocenters. The van der Waals surface area contributed by atoms with Crippen LogP contribution in [-0.2, 0) is 49.5 Å². The lowest BCUT2D eigenvalue weighted by molar-refractivity contribution is -0.158. The predicted molar refractivity (Wildman–Crippen MR) is 231 cm³/mol. The van der Waals surface area contributed by atoms with Crippen molar-refractivity contribution in [3.63, 3.8) is 0 Å². The Balaban J connectivity index is 2.65. The van der Waals surface area contributed by atoms with Crippen molar-refractivity contribution < 1.29 is 43.0 Å². The summed E-state index contributed by atoms with van der Waals surface area (Å²) >= 11 is 0. The zero-order chi connectivity index (χ0) is 46.4. The van der Waals surface area contributed by atoms with Crippen molar-refractivity contribution in [1.82, 2.24) is 25.8 Å². The summed E-state index contributed by atoms with van der Waals surface area (Å²) in [5.41, 5.74) is 0.573. The van der Waals surface area contributed by atoms with Crippen molar-refractivity contribution in [2.75, 3.05) is 20.6 Å². The zero-order valence-electron chi connectivity index (χ0n) is 38.3. The first-order valence-electron chi connectivity index (χ1n) is 21.1. The van der Waals surface area contributed by atoms with E-state index in [1.807, 2.05) is 53.7 Å². The monoisotopic (exact) mass is 849 g/mol. The molecule has 0 saturated carbocycles. The molecule has 0 spiro atoms. The van der Waals surface area contributed by atoms with Gasteiger partial charge in [0.15, 0.2) is 6.10 Å². The van der Waals surface area contributed by atoms with Crippen LogP contribution in [0.3, 0.4) is 0 Å². The first kappa shape index (κ1) is 51.6. The predicted octanol–water partition coefficient (Wildman–Crippen LogP) is 4.53. The molecule has 3 N–H and O–H groups in total. The molecule has 336 valence electrons. The smallest absolute Gasteiger partial charge is 0.334 e. The average molecular weight is 849 g/mol. The van der Waals surface area contributed by atoms with Crippen LogP contribution < -0.4 is 16.0 Å². The van der Waals surface area contributed by atoms with Gasteiger partial charge in [-0.2, -0.15) is 5.26 Å². The Labute approximate surface area is 362 Å². The van der Waals surface area contributed by atoms with E-state index in [1.54, 1.807) is 44.2 Å². The fourth-order valence-corrected chi connectivity index (χ4v) is 6.80. The average Bonchev–Trinajstić information content (AvgIpc) is 3.21. The van der Waals surface area contributed by atoms with E-state index in [-0.39, 0.29) is 36.2 Å². The van der Waals surface area contributed by atoms with Gasteiger partial charge in [0.2, 0.25) is 23.6 Å². The lowest BCUT2D eigenvalue weighted by Gasteiger charge is -2.34. The third-order valence-electron chi connectivity index (χ3n) is 11.1. The second-order valence-corrected chi connectivity index (χ2v) is 17.3. The summed E-state index contributed by atoms with van der Waals surface area (Å²) in [6.45, 7) is 18.6. The molecule has 0 aliphatic carbocycles. The van der Waals surface area contributed by atoms with Gasteiger partial charge >= 0.3 is 11.9 Å². The number of benzene rings is 1. The summed E-state index contributed by atoms with van der Waals surface area (Å²) < 4.78 is 11.8. The zero-order valence-corrected chi connectivity index (χ0v) is 38.3. The number of allylic oxidation sites excluding steroid dienone is 2. The SMILES string of the molecule is C/C=C(\C)[C@H]1OC(=O)C(C)(C)NC(=O)[C@H]([C@H](C)CC)NC(=O)CN(C)C(=O)[C@@H](Cc2ccc(C#N)cc2)N(C)C(=O)[C@H](C)NC(=O)[C@@H](CC(C)C)OC(=O)/C(C)=C/CC[C@@H]1C. The number of cyclic esters (lactones) is 2. The number of rotatable bonds is 7. The number of hydrogen-bond donors (Lipinski definition) is 3. The van der Waals surface area contributed by atoms with Crippen molar-refractivity contribution in [2.45, 2.75) is 144 Å². The highest BCUT2D eigenvalue weighted by molar-refractivity contribution is 5.96. The van der Waals surface area contributed by atoms with Crippen LogP contribution in [0.15, 0.2) is 47.6 Å². The number of nitriles is 1. The van der Waals surface area contributed by atoms with Gasteiger partial charge in [0.25, 0.3) is 5.91 Å². The van der Waals surface area contributed by atoms with Gasteiger partial charge in [-0.3, -0.25) is 24.0 Å². The summed E-state index contributed by atoms with van der Waals surface area (Å²) in [5.74, 6) is -5.22. The van der Waals surface area contributed by atoms with Gasteiger partial charge in [-0.15, -0.1) is 0 Å². The third kappa shape index (κ3) is 15.2. The summed E-state index contributed by atoms with van der Waals surface area (Å²) in [6, 6.07) is 5.12. The van der Waals surface area contributed by atoms with Gasteiger partial charge in [-0.05, 0) is 102 Å². The Bertz CT molecular complexity index is 1850. The van der Waals surface area contributed by atoms with E-state index < -0.39 is 83.9 Å². The van der Waals surface area contributed by atoms with Gasteiger partial charge in [0.1, 0.15) is 29.8 Å². The van der Waals surface area contributed by atoms with Gasteiger partial charge in [0.05, 0.1) is 18.2 Å². The Kier molecular flexibility index (Phi) is 19.9. The van der Waals surface area contributed by atoms with Crippen molar-refractivity contribution in [2.24, 2.45) is 17.8 Å². The number of amides is 5. The molecule has 2 rings (SSSR count). The lowest BCUT2D eigenvalue weighted by Crippen LogP contribution is -2.60. The minimum absolute atomic E-state index is 0.00506. The summed E-state index contributed by atoms with van der Waals surface area (Å²) in [6.07, 6.45) is 3.26. The van der Waals surface area contributed by atoms with Gasteiger partial charge < -0.3 is 35.2 Å². The van der Waals surface area contributed by atoms with Crippen LogP contribution in [0.25, 0.3) is 0 Å². The van der Waals surface area contributed by atoms with Crippen molar-refractivity contribution in [3.05, 3.63) is 58.7 Å². The number of hydrogen-bond acceptors (Lipinski definition) is 10. The highest BCUT2D eigenvalue weighted by Gasteiger charge is 2.39. The fourth-order valence-electron chi connectivity index (χ4n) is 6.80. The molecule has 1 aliphatic heterocycles. The van der Waals surface area contributed by atoms with E-state index in [9.17, 15) is 38.8 Å². The number of carbonyl (C=O) groups is 7.